The van der Waals surface area contributed by atoms with E-state index in [1.165, 1.54) is 0 Å². The third-order valence-electron chi connectivity index (χ3n) is 1.99. The normalized spacial score (nSPS) is 10.3. The van der Waals surface area contributed by atoms with Crippen LogP contribution in [-0.4, -0.2) is 4.99 Å². The van der Waals surface area contributed by atoms with Crippen LogP contribution in [0.3, 0.4) is 0 Å². The molecule has 0 saturated heterocycles. The van der Waals surface area contributed by atoms with E-state index in [9.17, 15) is 0 Å². The number of thiocarbonyl (C=S) groups is 1. The van der Waals surface area contributed by atoms with E-state index >= 15 is 0 Å². The molecule has 0 amide bonds. The monoisotopic (exact) mass is 281 g/mol. The molecule has 0 aliphatic rings. The van der Waals surface area contributed by atoms with Gasteiger partial charge in [-0.3, -0.25) is 0 Å². The second kappa shape index (κ2) is 5.90. The van der Waals surface area contributed by atoms with Gasteiger partial charge in [0.2, 0.25) is 0 Å². The fourth-order valence-electron chi connectivity index (χ4n) is 1.24. The molecule has 0 aliphatic carbocycles. The van der Waals surface area contributed by atoms with Crippen LogP contribution in [0.1, 0.15) is 18.4 Å². The van der Waals surface area contributed by atoms with E-state index in [-0.39, 0.29) is 0 Å². The van der Waals surface area contributed by atoms with Crippen molar-refractivity contribution in [2.75, 3.05) is 0 Å². The first-order chi connectivity index (χ1) is 7.02. The van der Waals surface area contributed by atoms with Crippen LogP contribution in [0.15, 0.2) is 12.1 Å². The second-order valence-electron chi connectivity index (χ2n) is 3.14. The average molecular weight is 283 g/mol. The van der Waals surface area contributed by atoms with Crippen molar-refractivity contribution in [3.8, 4) is 0 Å². The molecule has 0 atom stereocenters. The van der Waals surface area contributed by atoms with Crippen molar-refractivity contribution in [2.45, 2.75) is 19.3 Å². The second-order valence-corrected chi connectivity index (χ2v) is 4.86. The van der Waals surface area contributed by atoms with Gasteiger partial charge in [-0.2, -0.15) is 0 Å². The van der Waals surface area contributed by atoms with Crippen LogP contribution in [0.25, 0.3) is 0 Å². The molecule has 0 spiro atoms. The van der Waals surface area contributed by atoms with E-state index in [1.54, 1.807) is 12.1 Å². The van der Waals surface area contributed by atoms with E-state index < -0.39 is 0 Å². The molecule has 0 saturated carbocycles. The zero-order valence-electron chi connectivity index (χ0n) is 7.90. The summed E-state index contributed by atoms with van der Waals surface area (Å²) in [5.41, 5.74) is 6.27. The lowest BCUT2D eigenvalue weighted by molar-refractivity contribution is 0.868. The van der Waals surface area contributed by atoms with E-state index in [1.807, 2.05) is 0 Å². The van der Waals surface area contributed by atoms with Gasteiger partial charge in [0.1, 0.15) is 0 Å². The minimum atomic E-state index is 0.504. The first-order valence-electron chi connectivity index (χ1n) is 4.43. The molecule has 0 heterocycles. The molecule has 0 fully saturated rings. The summed E-state index contributed by atoms with van der Waals surface area (Å²) >= 11 is 22.7. The van der Waals surface area contributed by atoms with Gasteiger partial charge >= 0.3 is 0 Å². The maximum absolute atomic E-state index is 6.03. The molecule has 0 radical (unpaired) electrons. The SMILES string of the molecule is NC(=S)CCCc1c(Cl)ccc(Cl)c1Cl. The third kappa shape index (κ3) is 3.80. The smallest absolute Gasteiger partial charge is 0.0727 e. The van der Waals surface area contributed by atoms with Crippen molar-refractivity contribution in [3.63, 3.8) is 0 Å². The largest absolute Gasteiger partial charge is 0.393 e. The number of nitrogens with two attached hydrogens (primary N) is 1. The maximum atomic E-state index is 6.03. The van der Waals surface area contributed by atoms with Gasteiger partial charge in [0.05, 0.1) is 15.0 Å². The van der Waals surface area contributed by atoms with Crippen molar-refractivity contribution < 1.29 is 0 Å². The van der Waals surface area contributed by atoms with Crippen molar-refractivity contribution in [1.29, 1.82) is 0 Å². The Labute approximate surface area is 109 Å². The lowest BCUT2D eigenvalue weighted by atomic mass is 10.1. The van der Waals surface area contributed by atoms with Crippen molar-refractivity contribution in [2.24, 2.45) is 5.73 Å². The summed E-state index contributed by atoms with van der Waals surface area (Å²) in [6, 6.07) is 3.43. The van der Waals surface area contributed by atoms with Crippen molar-refractivity contribution in [1.82, 2.24) is 0 Å². The molecule has 1 aromatic rings. The molecule has 0 aliphatic heterocycles. The molecule has 1 rings (SSSR count). The predicted octanol–water partition coefficient (Wildman–Crippen LogP) is 4.26. The molecule has 0 unspecified atom stereocenters. The Hall–Kier alpha value is -0.0200. The van der Waals surface area contributed by atoms with Crippen molar-refractivity contribution in [3.05, 3.63) is 32.8 Å². The average Bonchev–Trinajstić information content (AvgIpc) is 2.17. The van der Waals surface area contributed by atoms with Gasteiger partial charge in [0, 0.05) is 5.02 Å². The number of hydrogen-bond acceptors (Lipinski definition) is 1. The quantitative estimate of drug-likeness (QED) is 0.660. The van der Waals surface area contributed by atoms with Crippen LogP contribution < -0.4 is 5.73 Å². The summed E-state index contributed by atoms with van der Waals surface area (Å²) in [4.78, 5) is 0.504. The highest BCUT2D eigenvalue weighted by Crippen LogP contribution is 2.32. The van der Waals surface area contributed by atoms with E-state index in [2.05, 4.69) is 0 Å². The third-order valence-corrected chi connectivity index (χ3v) is 3.39. The molecule has 82 valence electrons. The first-order valence-corrected chi connectivity index (χ1v) is 5.97. The molecule has 1 aromatic carbocycles. The van der Waals surface area contributed by atoms with Gasteiger partial charge in [-0.05, 0) is 37.0 Å². The fraction of sp³-hybridized carbons (Fsp3) is 0.300. The van der Waals surface area contributed by atoms with Gasteiger partial charge in [0.25, 0.3) is 0 Å². The van der Waals surface area contributed by atoms with E-state index in [0.717, 1.165) is 18.4 Å². The van der Waals surface area contributed by atoms with Crippen LogP contribution in [0.5, 0.6) is 0 Å². The van der Waals surface area contributed by atoms with Crippen LogP contribution in [0.4, 0.5) is 0 Å². The summed E-state index contributed by atoms with van der Waals surface area (Å²) in [6.07, 6.45) is 2.25. The standard InChI is InChI=1S/C10H10Cl3NS/c11-7-4-5-8(12)10(13)6(7)2-1-3-9(14)15/h4-5H,1-3H2,(H2,14,15). The maximum Gasteiger partial charge on any atom is 0.0727 e. The molecule has 15 heavy (non-hydrogen) atoms. The topological polar surface area (TPSA) is 26.0 Å². The number of halogens is 3. The first kappa shape index (κ1) is 13.0. The lowest BCUT2D eigenvalue weighted by Gasteiger charge is -2.07. The minimum Gasteiger partial charge on any atom is -0.393 e. The molecule has 1 nitrogen and oxygen atoms in total. The van der Waals surface area contributed by atoms with Gasteiger partial charge in [-0.25, -0.2) is 0 Å². The fourth-order valence-corrected chi connectivity index (χ4v) is 2.12. The Morgan fingerprint density at radius 1 is 1.20 bits per heavy atom. The van der Waals surface area contributed by atoms with Gasteiger partial charge in [-0.15, -0.1) is 0 Å². The molecule has 0 aromatic heterocycles. The lowest BCUT2D eigenvalue weighted by Crippen LogP contribution is -2.07. The zero-order valence-corrected chi connectivity index (χ0v) is 11.0. The molecule has 5 heteroatoms. The Morgan fingerprint density at radius 3 is 2.40 bits per heavy atom. The summed E-state index contributed by atoms with van der Waals surface area (Å²) in [6.45, 7) is 0. The highest BCUT2D eigenvalue weighted by molar-refractivity contribution is 7.80. The molecular formula is C10H10Cl3NS. The number of rotatable bonds is 4. The van der Waals surface area contributed by atoms with Gasteiger partial charge in [-0.1, -0.05) is 47.0 Å². The predicted molar refractivity (Wildman–Crippen MR) is 71.2 cm³/mol. The summed E-state index contributed by atoms with van der Waals surface area (Å²) < 4.78 is 0. The summed E-state index contributed by atoms with van der Waals surface area (Å²) in [5.74, 6) is 0. The highest BCUT2D eigenvalue weighted by Gasteiger charge is 2.09. The summed E-state index contributed by atoms with van der Waals surface area (Å²) in [5, 5.41) is 1.67. The van der Waals surface area contributed by atoms with E-state index in [4.69, 9.17) is 52.8 Å². The Kier molecular flexibility index (Phi) is 5.13. The van der Waals surface area contributed by atoms with Crippen LogP contribution >= 0.6 is 47.0 Å². The zero-order chi connectivity index (χ0) is 11.4. The van der Waals surface area contributed by atoms with Crippen LogP contribution in [-0.2, 0) is 6.42 Å². The van der Waals surface area contributed by atoms with Gasteiger partial charge < -0.3 is 5.73 Å². The molecule has 2 N–H and O–H groups in total. The highest BCUT2D eigenvalue weighted by atomic mass is 35.5. The Morgan fingerprint density at radius 2 is 1.80 bits per heavy atom. The minimum absolute atomic E-state index is 0.504. The van der Waals surface area contributed by atoms with Crippen LogP contribution in [0, 0.1) is 0 Å². The number of hydrogen-bond donors (Lipinski definition) is 1. The van der Waals surface area contributed by atoms with Gasteiger partial charge in [0.15, 0.2) is 0 Å². The Balaban J connectivity index is 2.75. The molecule has 0 bridgehead atoms. The molecular weight excluding hydrogens is 273 g/mol. The summed E-state index contributed by atoms with van der Waals surface area (Å²) in [7, 11) is 0. The Bertz CT molecular complexity index is 379. The van der Waals surface area contributed by atoms with Crippen LogP contribution in [0.2, 0.25) is 15.1 Å². The van der Waals surface area contributed by atoms with Crippen molar-refractivity contribution >= 4 is 52.0 Å². The van der Waals surface area contributed by atoms with E-state index in [0.29, 0.717) is 26.5 Å². The number of benzene rings is 1.